The molecular weight excluding hydrogens is 266 g/mol. The molecule has 0 fully saturated rings. The number of hydrogen-bond donors (Lipinski definition) is 0. The zero-order valence-electron chi connectivity index (χ0n) is 10.1. The summed E-state index contributed by atoms with van der Waals surface area (Å²) in [6, 6.07) is 6.52. The Balaban J connectivity index is 2.40. The third kappa shape index (κ3) is 2.71. The minimum atomic E-state index is -0.797. The van der Waals surface area contributed by atoms with Gasteiger partial charge in [0.05, 0.1) is 5.57 Å². The van der Waals surface area contributed by atoms with Crippen LogP contribution in [0.1, 0.15) is 10.4 Å². The molecular formula is C14H10ClNO3. The second-order valence-corrected chi connectivity index (χ2v) is 4.28. The highest BCUT2D eigenvalue weighted by atomic mass is 35.5. The summed E-state index contributed by atoms with van der Waals surface area (Å²) in [7, 11) is 1.40. The van der Waals surface area contributed by atoms with E-state index in [1.54, 1.807) is 30.2 Å². The van der Waals surface area contributed by atoms with E-state index in [2.05, 4.69) is 4.99 Å². The van der Waals surface area contributed by atoms with Crippen molar-refractivity contribution in [1.29, 1.82) is 0 Å². The van der Waals surface area contributed by atoms with Crippen molar-refractivity contribution in [2.75, 3.05) is 7.11 Å². The van der Waals surface area contributed by atoms with Crippen LogP contribution in [0.25, 0.3) is 0 Å². The summed E-state index contributed by atoms with van der Waals surface area (Å²) in [5.74, 6) is 1.42. The highest BCUT2D eigenvalue weighted by Crippen LogP contribution is 2.18. The average Bonchev–Trinajstić information content (AvgIpc) is 2.45. The van der Waals surface area contributed by atoms with Crippen molar-refractivity contribution in [2.45, 2.75) is 6.10 Å². The van der Waals surface area contributed by atoms with Crippen LogP contribution in [0.4, 0.5) is 0 Å². The molecule has 4 nitrogen and oxygen atoms in total. The van der Waals surface area contributed by atoms with Gasteiger partial charge < -0.3 is 4.74 Å². The molecule has 19 heavy (non-hydrogen) atoms. The molecule has 0 saturated carbocycles. The van der Waals surface area contributed by atoms with Gasteiger partial charge in [-0.1, -0.05) is 23.7 Å². The molecule has 0 radical (unpaired) electrons. The van der Waals surface area contributed by atoms with Gasteiger partial charge in [-0.3, -0.25) is 9.79 Å². The van der Waals surface area contributed by atoms with Crippen LogP contribution in [-0.2, 0) is 9.53 Å². The van der Waals surface area contributed by atoms with Gasteiger partial charge in [0.15, 0.2) is 0 Å². The van der Waals surface area contributed by atoms with Crippen molar-refractivity contribution in [3.8, 4) is 0 Å². The van der Waals surface area contributed by atoms with Gasteiger partial charge in [-0.25, -0.2) is 4.79 Å². The number of hydrogen-bond acceptors (Lipinski definition) is 4. The van der Waals surface area contributed by atoms with Gasteiger partial charge >= 0.3 is 0 Å². The van der Waals surface area contributed by atoms with Crippen LogP contribution >= 0.6 is 11.6 Å². The van der Waals surface area contributed by atoms with E-state index in [4.69, 9.17) is 16.3 Å². The van der Waals surface area contributed by atoms with E-state index in [0.717, 1.165) is 0 Å². The van der Waals surface area contributed by atoms with Crippen LogP contribution in [0.3, 0.4) is 0 Å². The number of ether oxygens (including phenoxy) is 1. The number of methoxy groups -OCH3 is 1. The summed E-state index contributed by atoms with van der Waals surface area (Å²) in [4.78, 5) is 27.1. The Bertz CT molecular complexity index is 627. The zero-order valence-corrected chi connectivity index (χ0v) is 10.8. The molecule has 96 valence electrons. The van der Waals surface area contributed by atoms with Crippen molar-refractivity contribution in [1.82, 2.24) is 0 Å². The van der Waals surface area contributed by atoms with Crippen molar-refractivity contribution in [3.63, 3.8) is 0 Å². The second kappa shape index (κ2) is 5.76. The van der Waals surface area contributed by atoms with Gasteiger partial charge in [0.2, 0.25) is 5.78 Å². The second-order valence-electron chi connectivity index (χ2n) is 3.84. The lowest BCUT2D eigenvalue weighted by molar-refractivity contribution is 0.104. The lowest BCUT2D eigenvalue weighted by Crippen LogP contribution is -2.33. The number of benzene rings is 1. The first-order valence-electron chi connectivity index (χ1n) is 5.49. The number of carbonyl (C=O) groups excluding carboxylic acids is 2. The fraction of sp³-hybridized carbons (Fsp3) is 0.143. The van der Waals surface area contributed by atoms with Crippen molar-refractivity contribution in [2.24, 2.45) is 4.99 Å². The molecule has 0 amide bonds. The third-order valence-corrected chi connectivity index (χ3v) is 2.91. The largest absolute Gasteiger partial charge is 0.369 e. The Morgan fingerprint density at radius 3 is 2.89 bits per heavy atom. The summed E-state index contributed by atoms with van der Waals surface area (Å²) in [5, 5.41) is 0.456. The van der Waals surface area contributed by atoms with Crippen LogP contribution < -0.4 is 0 Å². The van der Waals surface area contributed by atoms with E-state index >= 15 is 0 Å². The van der Waals surface area contributed by atoms with Crippen molar-refractivity contribution < 1.29 is 14.3 Å². The summed E-state index contributed by atoms with van der Waals surface area (Å²) in [6.07, 6.45) is 2.05. The van der Waals surface area contributed by atoms with Crippen LogP contribution in [0.2, 0.25) is 5.02 Å². The molecule has 1 unspecified atom stereocenters. The monoisotopic (exact) mass is 275 g/mol. The molecule has 1 aliphatic rings. The normalized spacial score (nSPS) is 17.9. The Morgan fingerprint density at radius 1 is 1.47 bits per heavy atom. The number of aliphatic imine (C=N–C) groups is 1. The number of rotatable bonds is 3. The van der Waals surface area contributed by atoms with E-state index in [-0.39, 0.29) is 17.1 Å². The Kier molecular flexibility index (Phi) is 4.07. The number of carbonyl (C=O) groups is 1. The third-order valence-electron chi connectivity index (χ3n) is 2.67. The fourth-order valence-corrected chi connectivity index (χ4v) is 1.97. The number of ketones is 1. The van der Waals surface area contributed by atoms with Crippen LogP contribution in [0.5, 0.6) is 0 Å². The molecule has 1 aliphatic heterocycles. The molecule has 0 N–H and O–H groups in total. The van der Waals surface area contributed by atoms with E-state index in [0.29, 0.717) is 10.6 Å². The molecule has 0 aromatic heterocycles. The molecule has 1 aromatic rings. The maximum Gasteiger partial charge on any atom is 0.210 e. The van der Waals surface area contributed by atoms with Crippen molar-refractivity contribution in [3.05, 3.63) is 52.7 Å². The van der Waals surface area contributed by atoms with Gasteiger partial charge in [-0.15, -0.1) is 0 Å². The average molecular weight is 276 g/mol. The molecule has 5 heteroatoms. The topological polar surface area (TPSA) is 55.7 Å². The van der Waals surface area contributed by atoms with Gasteiger partial charge in [0.25, 0.3) is 0 Å². The number of halogens is 1. The van der Waals surface area contributed by atoms with E-state index < -0.39 is 6.10 Å². The first-order chi connectivity index (χ1) is 9.17. The maximum absolute atomic E-state index is 12.3. The summed E-state index contributed by atoms with van der Waals surface area (Å²) in [5.41, 5.74) is 0.780. The SMILES string of the molecule is COC1C(=C=O)C=CN=C1C(=O)c1cccc(Cl)c1. The molecule has 0 bridgehead atoms. The summed E-state index contributed by atoms with van der Waals surface area (Å²) in [6.45, 7) is 0. The predicted molar refractivity (Wildman–Crippen MR) is 72.4 cm³/mol. The molecule has 0 spiro atoms. The molecule has 1 aromatic carbocycles. The van der Waals surface area contributed by atoms with Crippen LogP contribution in [0, 0.1) is 0 Å². The maximum atomic E-state index is 12.3. The highest BCUT2D eigenvalue weighted by molar-refractivity contribution is 6.48. The summed E-state index contributed by atoms with van der Waals surface area (Å²) >= 11 is 5.85. The molecule has 1 heterocycles. The first-order valence-corrected chi connectivity index (χ1v) is 5.87. The standard InChI is InChI=1S/C14H10ClNO3/c1-19-14-10(8-17)5-6-16-12(14)13(18)9-3-2-4-11(15)7-9/h2-7,14H,1H3. The quantitative estimate of drug-likeness (QED) is 0.628. The van der Waals surface area contributed by atoms with Gasteiger partial charge in [0, 0.05) is 23.9 Å². The molecule has 0 saturated heterocycles. The minimum Gasteiger partial charge on any atom is -0.369 e. The number of nitrogens with zero attached hydrogens (tertiary/aromatic N) is 1. The van der Waals surface area contributed by atoms with Crippen molar-refractivity contribution >= 4 is 29.0 Å². The lowest BCUT2D eigenvalue weighted by atomic mass is 9.97. The molecule has 0 aliphatic carbocycles. The van der Waals surface area contributed by atoms with Gasteiger partial charge in [-0.05, 0) is 18.2 Å². The Hall–Kier alpha value is -2.00. The lowest BCUT2D eigenvalue weighted by Gasteiger charge is -2.18. The number of Topliss-reactive ketones (excluding diaryl/α,β-unsaturated/α-hetero) is 1. The Labute approximate surface area is 115 Å². The molecule has 2 rings (SSSR count). The smallest absolute Gasteiger partial charge is 0.210 e. The van der Waals surface area contributed by atoms with E-state index in [1.165, 1.54) is 19.4 Å². The highest BCUT2D eigenvalue weighted by Gasteiger charge is 2.28. The van der Waals surface area contributed by atoms with E-state index in [9.17, 15) is 9.59 Å². The first kappa shape index (κ1) is 13.4. The summed E-state index contributed by atoms with van der Waals surface area (Å²) < 4.78 is 5.14. The Morgan fingerprint density at radius 2 is 2.26 bits per heavy atom. The zero-order chi connectivity index (χ0) is 13.8. The van der Waals surface area contributed by atoms with Crippen LogP contribution in [-0.4, -0.2) is 30.7 Å². The van der Waals surface area contributed by atoms with Crippen LogP contribution in [0.15, 0.2) is 47.1 Å². The minimum absolute atomic E-state index is 0.144. The fourth-order valence-electron chi connectivity index (χ4n) is 1.78. The molecule has 1 atom stereocenters. The van der Waals surface area contributed by atoms with Gasteiger partial charge in [0.1, 0.15) is 17.8 Å². The van der Waals surface area contributed by atoms with Gasteiger partial charge in [-0.2, -0.15) is 0 Å². The van der Waals surface area contributed by atoms with E-state index in [1.807, 2.05) is 0 Å². The predicted octanol–water partition coefficient (Wildman–Crippen LogP) is 2.26.